The number of nitrogens with zero attached hydrogens (tertiary/aromatic N) is 1. The summed E-state index contributed by atoms with van der Waals surface area (Å²) in [7, 11) is -3.55. The molecular formula is C20H24INO2S. The normalized spacial score (nSPS) is 16.4. The number of hydrogen-bond donors (Lipinski definition) is 0. The molecule has 0 spiro atoms. The average Bonchev–Trinajstić information content (AvgIpc) is 2.50. The number of rotatable bonds is 0. The van der Waals surface area contributed by atoms with E-state index in [2.05, 4.69) is 64.4 Å². The molecule has 0 unspecified atom stereocenters. The number of benzene rings is 2. The molecule has 0 amide bonds. The fourth-order valence-corrected chi connectivity index (χ4v) is 5.80. The summed E-state index contributed by atoms with van der Waals surface area (Å²) in [6.45, 7) is 12.6. The lowest BCUT2D eigenvalue weighted by Crippen LogP contribution is -2.21. The quantitative estimate of drug-likeness (QED) is 0.355. The van der Waals surface area contributed by atoms with Crippen molar-refractivity contribution in [2.45, 2.75) is 62.2 Å². The molecule has 0 atom stereocenters. The van der Waals surface area contributed by atoms with Crippen LogP contribution in [0.25, 0.3) is 0 Å². The van der Waals surface area contributed by atoms with Gasteiger partial charge in [-0.2, -0.15) is 0 Å². The van der Waals surface area contributed by atoms with Crippen molar-refractivity contribution in [2.75, 3.05) is 3.11 Å². The molecule has 2 aromatic rings. The van der Waals surface area contributed by atoms with Crippen LogP contribution in [0.1, 0.15) is 52.7 Å². The molecule has 5 heteroatoms. The molecule has 3 nitrogen and oxygen atoms in total. The number of halogens is 1. The number of fused-ring (bicyclic) bond motifs is 2. The molecule has 0 radical (unpaired) electrons. The van der Waals surface area contributed by atoms with Crippen LogP contribution in [-0.4, -0.2) is 8.42 Å². The van der Waals surface area contributed by atoms with E-state index in [9.17, 15) is 8.42 Å². The minimum Gasteiger partial charge on any atom is -0.280 e. The highest BCUT2D eigenvalue weighted by molar-refractivity contribution is 14.1. The van der Waals surface area contributed by atoms with Gasteiger partial charge in [0.2, 0.25) is 9.84 Å². The topological polar surface area (TPSA) is 37.4 Å². The molecule has 0 saturated heterocycles. The van der Waals surface area contributed by atoms with Gasteiger partial charge in [0.05, 0.1) is 44.0 Å². The minimum atomic E-state index is -3.55. The Balaban J connectivity index is 2.29. The summed E-state index contributed by atoms with van der Waals surface area (Å²) in [6, 6.07) is 11.6. The molecule has 0 bridgehead atoms. The molecule has 1 aliphatic heterocycles. The summed E-state index contributed by atoms with van der Waals surface area (Å²) in [5.74, 6) is 0. The Labute approximate surface area is 164 Å². The van der Waals surface area contributed by atoms with Crippen molar-refractivity contribution in [1.29, 1.82) is 0 Å². The third-order valence-corrected chi connectivity index (χ3v) is 7.51. The molecule has 1 aliphatic rings. The van der Waals surface area contributed by atoms with Crippen molar-refractivity contribution in [3.63, 3.8) is 0 Å². The second-order valence-corrected chi connectivity index (χ2v) is 11.5. The number of anilines is 2. The largest absolute Gasteiger partial charge is 0.280 e. The van der Waals surface area contributed by atoms with Crippen LogP contribution in [0.5, 0.6) is 0 Å². The average molecular weight is 469 g/mol. The van der Waals surface area contributed by atoms with Gasteiger partial charge in [-0.1, -0.05) is 53.7 Å². The maximum Gasteiger partial charge on any atom is 0.210 e. The summed E-state index contributed by atoms with van der Waals surface area (Å²) in [5.41, 5.74) is 3.29. The van der Waals surface area contributed by atoms with E-state index < -0.39 is 9.84 Å². The van der Waals surface area contributed by atoms with Crippen LogP contribution < -0.4 is 3.11 Å². The molecule has 1 heterocycles. The smallest absolute Gasteiger partial charge is 0.210 e. The Morgan fingerprint density at radius 3 is 1.44 bits per heavy atom. The van der Waals surface area contributed by atoms with Gasteiger partial charge < -0.3 is 0 Å². The fourth-order valence-electron chi connectivity index (χ4n) is 2.96. The van der Waals surface area contributed by atoms with E-state index in [-0.39, 0.29) is 10.8 Å². The lowest BCUT2D eigenvalue weighted by molar-refractivity contribution is 0.580. The first kappa shape index (κ1) is 18.7. The Bertz CT molecular complexity index is 879. The molecule has 2 aromatic carbocycles. The monoisotopic (exact) mass is 469 g/mol. The summed E-state index contributed by atoms with van der Waals surface area (Å²) in [4.78, 5) is 0.792. The van der Waals surface area contributed by atoms with E-state index in [0.29, 0.717) is 9.79 Å². The molecule has 0 N–H and O–H groups in total. The van der Waals surface area contributed by atoms with E-state index in [1.165, 1.54) is 0 Å². The molecule has 0 saturated carbocycles. The van der Waals surface area contributed by atoms with Crippen LogP contribution >= 0.6 is 22.9 Å². The van der Waals surface area contributed by atoms with Crippen LogP contribution in [0.3, 0.4) is 0 Å². The van der Waals surface area contributed by atoms with E-state index in [1.807, 2.05) is 39.5 Å². The summed E-state index contributed by atoms with van der Waals surface area (Å²) in [5, 5.41) is 0. The summed E-state index contributed by atoms with van der Waals surface area (Å²) in [6.07, 6.45) is 0. The molecule has 0 fully saturated rings. The molecule has 0 aliphatic carbocycles. The zero-order chi connectivity index (χ0) is 18.8. The first-order valence-corrected chi connectivity index (χ1v) is 10.8. The fraction of sp³-hybridized carbons (Fsp3) is 0.400. The van der Waals surface area contributed by atoms with E-state index >= 15 is 0 Å². The summed E-state index contributed by atoms with van der Waals surface area (Å²) >= 11 is 2.19. The first-order chi connectivity index (χ1) is 11.3. The van der Waals surface area contributed by atoms with Gasteiger partial charge in [-0.3, -0.25) is 3.11 Å². The Kier molecular flexibility index (Phi) is 4.27. The molecule has 0 aromatic heterocycles. The van der Waals surface area contributed by atoms with Crippen molar-refractivity contribution in [3.05, 3.63) is 47.5 Å². The van der Waals surface area contributed by atoms with Gasteiger partial charge >= 0.3 is 0 Å². The van der Waals surface area contributed by atoms with Crippen molar-refractivity contribution in [3.8, 4) is 0 Å². The van der Waals surface area contributed by atoms with Crippen LogP contribution in [0, 0.1) is 0 Å². The van der Waals surface area contributed by atoms with Gasteiger partial charge in [0.15, 0.2) is 0 Å². The molecule has 134 valence electrons. The minimum absolute atomic E-state index is 0.103. The van der Waals surface area contributed by atoms with Crippen molar-refractivity contribution < 1.29 is 8.42 Å². The van der Waals surface area contributed by atoms with Crippen LogP contribution in [-0.2, 0) is 20.7 Å². The third kappa shape index (κ3) is 3.10. The zero-order valence-electron chi connectivity index (χ0n) is 15.5. The van der Waals surface area contributed by atoms with Gasteiger partial charge in [0, 0.05) is 0 Å². The van der Waals surface area contributed by atoms with E-state index in [1.54, 1.807) is 0 Å². The molecular weight excluding hydrogens is 445 g/mol. The predicted molar refractivity (Wildman–Crippen MR) is 112 cm³/mol. The standard InChI is InChI=1S/C20H24INO2S/c1-19(2,3)13-7-9-15-17(11-13)25(23,24)18-12-14(20(4,5)6)8-10-16(18)22(15)21/h7-12H,1-6H3. The van der Waals surface area contributed by atoms with Crippen molar-refractivity contribution in [2.24, 2.45) is 0 Å². The Morgan fingerprint density at radius 2 is 1.12 bits per heavy atom. The maximum atomic E-state index is 13.4. The highest BCUT2D eigenvalue weighted by Gasteiger charge is 2.35. The second kappa shape index (κ2) is 5.71. The maximum absolute atomic E-state index is 13.4. The van der Waals surface area contributed by atoms with Crippen molar-refractivity contribution >= 4 is 44.1 Å². The summed E-state index contributed by atoms with van der Waals surface area (Å²) < 4.78 is 28.7. The Hall–Kier alpha value is -1.08. The highest BCUT2D eigenvalue weighted by Crippen LogP contribution is 2.48. The molecule has 25 heavy (non-hydrogen) atoms. The van der Waals surface area contributed by atoms with Gasteiger partial charge in [0.25, 0.3) is 0 Å². The van der Waals surface area contributed by atoms with Crippen LogP contribution in [0.15, 0.2) is 46.2 Å². The van der Waals surface area contributed by atoms with Gasteiger partial charge in [0.1, 0.15) is 0 Å². The van der Waals surface area contributed by atoms with Gasteiger partial charge in [-0.15, -0.1) is 0 Å². The van der Waals surface area contributed by atoms with E-state index in [4.69, 9.17) is 0 Å². The zero-order valence-corrected chi connectivity index (χ0v) is 18.5. The van der Waals surface area contributed by atoms with Crippen LogP contribution in [0.4, 0.5) is 11.4 Å². The lowest BCUT2D eigenvalue weighted by atomic mass is 9.86. The van der Waals surface area contributed by atoms with Crippen molar-refractivity contribution in [1.82, 2.24) is 0 Å². The highest BCUT2D eigenvalue weighted by atomic mass is 127. The molecule has 3 rings (SSSR count). The second-order valence-electron chi connectivity index (χ2n) is 8.65. The third-order valence-electron chi connectivity index (χ3n) is 4.65. The lowest BCUT2D eigenvalue weighted by Gasteiger charge is -2.31. The predicted octanol–water partition coefficient (Wildman–Crippen LogP) is 5.92. The number of sulfone groups is 1. The Morgan fingerprint density at radius 1 is 0.760 bits per heavy atom. The SMILES string of the molecule is CC(C)(C)c1ccc2c(c1)S(=O)(=O)c1cc(C(C)(C)C)ccc1N2I. The number of hydrogen-bond acceptors (Lipinski definition) is 3. The van der Waals surface area contributed by atoms with Gasteiger partial charge in [-0.25, -0.2) is 8.42 Å². The van der Waals surface area contributed by atoms with Gasteiger partial charge in [-0.05, 0) is 46.2 Å². The van der Waals surface area contributed by atoms with E-state index in [0.717, 1.165) is 22.5 Å². The first-order valence-electron chi connectivity index (χ1n) is 8.33. The van der Waals surface area contributed by atoms with Crippen LogP contribution in [0.2, 0.25) is 0 Å².